The third kappa shape index (κ3) is 3.67. The average Bonchev–Trinajstić information content (AvgIpc) is 2.70. The molecule has 3 rings (SSSR count). The SMILES string of the molecule is COc1cc(OC)c(OC)cc1/C=C/C(=O)N1CCc2ccccc2C1. The third-order valence-corrected chi connectivity index (χ3v) is 4.58. The summed E-state index contributed by atoms with van der Waals surface area (Å²) >= 11 is 0. The zero-order valence-electron chi connectivity index (χ0n) is 15.3. The molecule has 1 amide bonds. The molecule has 0 N–H and O–H groups in total. The fraction of sp³-hybridized carbons (Fsp3) is 0.286. The molecule has 0 spiro atoms. The van der Waals surface area contributed by atoms with Gasteiger partial charge in [-0.2, -0.15) is 0 Å². The fourth-order valence-electron chi connectivity index (χ4n) is 3.13. The van der Waals surface area contributed by atoms with Gasteiger partial charge in [-0.05, 0) is 29.7 Å². The Morgan fingerprint density at radius 3 is 2.31 bits per heavy atom. The molecule has 2 aromatic rings. The maximum Gasteiger partial charge on any atom is 0.246 e. The zero-order chi connectivity index (χ0) is 18.5. The molecular formula is C21H23NO4. The summed E-state index contributed by atoms with van der Waals surface area (Å²) in [6, 6.07) is 11.8. The Kier molecular flexibility index (Phi) is 5.46. The highest BCUT2D eigenvalue weighted by molar-refractivity contribution is 5.92. The summed E-state index contributed by atoms with van der Waals surface area (Å²) in [6.07, 6.45) is 4.22. The number of amides is 1. The normalized spacial score (nSPS) is 13.4. The Balaban J connectivity index is 1.78. The van der Waals surface area contributed by atoms with Crippen LogP contribution in [-0.2, 0) is 17.8 Å². The van der Waals surface area contributed by atoms with Crippen molar-refractivity contribution in [2.75, 3.05) is 27.9 Å². The fourth-order valence-corrected chi connectivity index (χ4v) is 3.13. The predicted octanol–water partition coefficient (Wildman–Crippen LogP) is 3.31. The van der Waals surface area contributed by atoms with Gasteiger partial charge in [-0.25, -0.2) is 0 Å². The number of nitrogens with zero attached hydrogens (tertiary/aromatic N) is 1. The van der Waals surface area contributed by atoms with Crippen LogP contribution in [0, 0.1) is 0 Å². The molecule has 0 atom stereocenters. The van der Waals surface area contributed by atoms with Crippen LogP contribution in [0.15, 0.2) is 42.5 Å². The molecule has 26 heavy (non-hydrogen) atoms. The van der Waals surface area contributed by atoms with Gasteiger partial charge >= 0.3 is 0 Å². The smallest absolute Gasteiger partial charge is 0.246 e. The molecule has 0 saturated carbocycles. The van der Waals surface area contributed by atoms with Crippen LogP contribution in [0.25, 0.3) is 6.08 Å². The van der Waals surface area contributed by atoms with Crippen molar-refractivity contribution in [3.63, 3.8) is 0 Å². The molecule has 0 fully saturated rings. The molecule has 0 aliphatic carbocycles. The minimum Gasteiger partial charge on any atom is -0.496 e. The van der Waals surface area contributed by atoms with Crippen LogP contribution in [-0.4, -0.2) is 38.7 Å². The first-order valence-electron chi connectivity index (χ1n) is 8.50. The van der Waals surface area contributed by atoms with E-state index in [-0.39, 0.29) is 5.91 Å². The number of ether oxygens (including phenoxy) is 3. The highest BCUT2D eigenvalue weighted by Gasteiger charge is 2.18. The van der Waals surface area contributed by atoms with Gasteiger partial charge in [0.1, 0.15) is 5.75 Å². The summed E-state index contributed by atoms with van der Waals surface area (Å²) in [4.78, 5) is 14.5. The number of benzene rings is 2. The van der Waals surface area contributed by atoms with Gasteiger partial charge in [0.2, 0.25) is 5.91 Å². The zero-order valence-corrected chi connectivity index (χ0v) is 15.3. The Labute approximate surface area is 153 Å². The molecule has 0 radical (unpaired) electrons. The third-order valence-electron chi connectivity index (χ3n) is 4.58. The second-order valence-electron chi connectivity index (χ2n) is 6.06. The molecule has 1 aliphatic rings. The lowest BCUT2D eigenvalue weighted by molar-refractivity contribution is -0.126. The Bertz CT molecular complexity index is 829. The number of carbonyl (C=O) groups is 1. The number of hydrogen-bond donors (Lipinski definition) is 0. The molecule has 0 unspecified atom stereocenters. The van der Waals surface area contributed by atoms with Gasteiger partial charge < -0.3 is 19.1 Å². The second-order valence-corrected chi connectivity index (χ2v) is 6.06. The minimum atomic E-state index is -0.0173. The van der Waals surface area contributed by atoms with E-state index in [0.29, 0.717) is 23.8 Å². The highest BCUT2D eigenvalue weighted by Crippen LogP contribution is 2.35. The largest absolute Gasteiger partial charge is 0.496 e. The lowest BCUT2D eigenvalue weighted by atomic mass is 10.00. The van der Waals surface area contributed by atoms with Crippen LogP contribution in [0.2, 0.25) is 0 Å². The molecule has 2 aromatic carbocycles. The van der Waals surface area contributed by atoms with E-state index < -0.39 is 0 Å². The monoisotopic (exact) mass is 353 g/mol. The molecule has 5 nitrogen and oxygen atoms in total. The Morgan fingerprint density at radius 1 is 0.962 bits per heavy atom. The lowest BCUT2D eigenvalue weighted by Crippen LogP contribution is -2.34. The van der Waals surface area contributed by atoms with Crippen molar-refractivity contribution in [1.82, 2.24) is 4.90 Å². The van der Waals surface area contributed by atoms with E-state index in [4.69, 9.17) is 14.2 Å². The molecular weight excluding hydrogens is 330 g/mol. The maximum absolute atomic E-state index is 12.6. The lowest BCUT2D eigenvalue weighted by Gasteiger charge is -2.27. The topological polar surface area (TPSA) is 48.0 Å². The van der Waals surface area contributed by atoms with Crippen LogP contribution < -0.4 is 14.2 Å². The minimum absolute atomic E-state index is 0.0173. The van der Waals surface area contributed by atoms with E-state index in [1.165, 1.54) is 11.1 Å². The Morgan fingerprint density at radius 2 is 1.62 bits per heavy atom. The molecule has 136 valence electrons. The molecule has 0 aromatic heterocycles. The summed E-state index contributed by atoms with van der Waals surface area (Å²) in [5.74, 6) is 1.78. The van der Waals surface area contributed by atoms with Crippen LogP contribution in [0.3, 0.4) is 0 Å². The second kappa shape index (κ2) is 7.95. The number of fused-ring (bicyclic) bond motifs is 1. The quantitative estimate of drug-likeness (QED) is 0.774. The van der Waals surface area contributed by atoms with Gasteiger partial charge in [0.15, 0.2) is 11.5 Å². The summed E-state index contributed by atoms with van der Waals surface area (Å²) in [5, 5.41) is 0. The van der Waals surface area contributed by atoms with E-state index in [0.717, 1.165) is 18.5 Å². The molecule has 0 saturated heterocycles. The van der Waals surface area contributed by atoms with E-state index in [2.05, 4.69) is 12.1 Å². The van der Waals surface area contributed by atoms with Crippen LogP contribution in [0.5, 0.6) is 17.2 Å². The van der Waals surface area contributed by atoms with Crippen molar-refractivity contribution < 1.29 is 19.0 Å². The standard InChI is InChI=1S/C21H23NO4/c1-24-18-13-20(26-3)19(25-2)12-16(18)8-9-21(23)22-11-10-15-6-4-5-7-17(15)14-22/h4-9,12-13H,10-11,14H2,1-3H3/b9-8+. The summed E-state index contributed by atoms with van der Waals surface area (Å²) < 4.78 is 16.0. The van der Waals surface area contributed by atoms with Crippen LogP contribution >= 0.6 is 0 Å². The number of carbonyl (C=O) groups excluding carboxylic acids is 1. The van der Waals surface area contributed by atoms with Crippen LogP contribution in [0.1, 0.15) is 16.7 Å². The first kappa shape index (κ1) is 17.9. The average molecular weight is 353 g/mol. The van der Waals surface area contributed by atoms with E-state index >= 15 is 0 Å². The van der Waals surface area contributed by atoms with E-state index in [9.17, 15) is 4.79 Å². The van der Waals surface area contributed by atoms with Crippen LogP contribution in [0.4, 0.5) is 0 Å². The first-order chi connectivity index (χ1) is 12.7. The van der Waals surface area contributed by atoms with E-state index in [1.54, 1.807) is 45.6 Å². The highest BCUT2D eigenvalue weighted by atomic mass is 16.5. The van der Waals surface area contributed by atoms with Gasteiger partial charge in [-0.1, -0.05) is 24.3 Å². The van der Waals surface area contributed by atoms with E-state index in [1.807, 2.05) is 17.0 Å². The molecule has 1 aliphatic heterocycles. The predicted molar refractivity (Wildman–Crippen MR) is 101 cm³/mol. The number of hydrogen-bond acceptors (Lipinski definition) is 4. The van der Waals surface area contributed by atoms with Gasteiger partial charge in [0.25, 0.3) is 0 Å². The van der Waals surface area contributed by atoms with Crippen molar-refractivity contribution in [3.05, 3.63) is 59.2 Å². The maximum atomic E-state index is 12.6. The number of methoxy groups -OCH3 is 3. The van der Waals surface area contributed by atoms with Crippen molar-refractivity contribution in [1.29, 1.82) is 0 Å². The molecule has 0 bridgehead atoms. The molecule has 5 heteroatoms. The van der Waals surface area contributed by atoms with Gasteiger partial charge in [-0.3, -0.25) is 4.79 Å². The van der Waals surface area contributed by atoms with Gasteiger partial charge in [0, 0.05) is 30.8 Å². The molecule has 1 heterocycles. The number of rotatable bonds is 5. The van der Waals surface area contributed by atoms with Crippen molar-refractivity contribution in [2.45, 2.75) is 13.0 Å². The summed E-state index contributed by atoms with van der Waals surface area (Å²) in [5.41, 5.74) is 3.29. The van der Waals surface area contributed by atoms with Crippen molar-refractivity contribution in [3.8, 4) is 17.2 Å². The van der Waals surface area contributed by atoms with Gasteiger partial charge in [0.05, 0.1) is 21.3 Å². The summed E-state index contributed by atoms with van der Waals surface area (Å²) in [6.45, 7) is 1.37. The first-order valence-corrected chi connectivity index (χ1v) is 8.50. The summed E-state index contributed by atoms with van der Waals surface area (Å²) in [7, 11) is 4.74. The van der Waals surface area contributed by atoms with Crippen molar-refractivity contribution in [2.24, 2.45) is 0 Å². The van der Waals surface area contributed by atoms with Gasteiger partial charge in [-0.15, -0.1) is 0 Å². The van der Waals surface area contributed by atoms with Crippen molar-refractivity contribution >= 4 is 12.0 Å². The Hall–Kier alpha value is -2.95.